The molecule has 0 heterocycles. The highest BCUT2D eigenvalue weighted by Crippen LogP contribution is 2.21. The Balaban J connectivity index is 2.99. The summed E-state index contributed by atoms with van der Waals surface area (Å²) >= 11 is 3.38. The largest absolute Gasteiger partial charge is 0.463 e. The highest BCUT2D eigenvalue weighted by atomic mass is 79.9. The molecule has 86 valence electrons. The topological polar surface area (TPSA) is 26.3 Å². The fraction of sp³-hybridized carbons (Fsp3) is 0.308. The second kappa shape index (κ2) is 5.85. The Kier molecular flexibility index (Phi) is 4.74. The second-order valence-corrected chi connectivity index (χ2v) is 4.39. The molecule has 1 rings (SSSR count). The van der Waals surface area contributed by atoms with Crippen molar-refractivity contribution in [2.24, 2.45) is 0 Å². The molecule has 0 saturated heterocycles. The molecular formula is C13H15BrO2. The molecular weight excluding hydrogens is 268 g/mol. The van der Waals surface area contributed by atoms with Gasteiger partial charge in [-0.2, -0.15) is 0 Å². The van der Waals surface area contributed by atoms with Crippen molar-refractivity contribution in [1.82, 2.24) is 0 Å². The molecule has 0 radical (unpaired) electrons. The van der Waals surface area contributed by atoms with Gasteiger partial charge < -0.3 is 4.74 Å². The molecule has 0 bridgehead atoms. The van der Waals surface area contributed by atoms with Gasteiger partial charge >= 0.3 is 5.97 Å². The van der Waals surface area contributed by atoms with Gasteiger partial charge in [0.2, 0.25) is 0 Å². The normalized spacial score (nSPS) is 12.0. The van der Waals surface area contributed by atoms with Gasteiger partial charge in [-0.05, 0) is 44.0 Å². The van der Waals surface area contributed by atoms with E-state index >= 15 is 0 Å². The van der Waals surface area contributed by atoms with Gasteiger partial charge in [-0.3, -0.25) is 0 Å². The van der Waals surface area contributed by atoms with Crippen LogP contribution in [0.5, 0.6) is 0 Å². The van der Waals surface area contributed by atoms with Gasteiger partial charge in [-0.15, -0.1) is 0 Å². The first-order valence-electron chi connectivity index (χ1n) is 5.16. The number of hydrogen-bond donors (Lipinski definition) is 0. The summed E-state index contributed by atoms with van der Waals surface area (Å²) in [6.07, 6.45) is 0. The maximum atomic E-state index is 11.5. The highest BCUT2D eigenvalue weighted by molar-refractivity contribution is 9.10. The third kappa shape index (κ3) is 3.20. The van der Waals surface area contributed by atoms with E-state index in [1.807, 2.05) is 31.2 Å². The molecule has 0 amide bonds. The molecule has 0 aliphatic rings. The average Bonchev–Trinajstić information content (AvgIpc) is 2.28. The summed E-state index contributed by atoms with van der Waals surface area (Å²) in [6, 6.07) is 7.86. The van der Waals surface area contributed by atoms with Crippen molar-refractivity contribution in [2.75, 3.05) is 6.61 Å². The Morgan fingerprint density at radius 2 is 1.81 bits per heavy atom. The van der Waals surface area contributed by atoms with E-state index in [9.17, 15) is 4.79 Å². The zero-order valence-corrected chi connectivity index (χ0v) is 11.3. The van der Waals surface area contributed by atoms with Crippen molar-refractivity contribution >= 4 is 27.5 Å². The van der Waals surface area contributed by atoms with Crippen molar-refractivity contribution in [3.05, 3.63) is 39.9 Å². The lowest BCUT2D eigenvalue weighted by atomic mass is 10.0. The van der Waals surface area contributed by atoms with Crippen LogP contribution in [0.25, 0.3) is 5.57 Å². The Hall–Kier alpha value is -1.09. The Morgan fingerprint density at radius 1 is 1.25 bits per heavy atom. The Bertz CT molecular complexity index is 404. The van der Waals surface area contributed by atoms with Crippen molar-refractivity contribution in [3.8, 4) is 0 Å². The summed E-state index contributed by atoms with van der Waals surface area (Å²) in [5.74, 6) is -0.247. The molecule has 0 aliphatic carbocycles. The molecule has 0 aromatic heterocycles. The number of halogens is 1. The number of carbonyl (C=O) groups is 1. The van der Waals surface area contributed by atoms with Crippen LogP contribution >= 0.6 is 15.9 Å². The van der Waals surface area contributed by atoms with Crippen LogP contribution in [0, 0.1) is 0 Å². The Morgan fingerprint density at radius 3 is 2.31 bits per heavy atom. The minimum atomic E-state index is -0.247. The van der Waals surface area contributed by atoms with E-state index in [2.05, 4.69) is 15.9 Å². The zero-order valence-electron chi connectivity index (χ0n) is 9.71. The van der Waals surface area contributed by atoms with Crippen LogP contribution in [-0.4, -0.2) is 12.6 Å². The van der Waals surface area contributed by atoms with Gasteiger partial charge in [0.25, 0.3) is 0 Å². The van der Waals surface area contributed by atoms with Gasteiger partial charge in [0.1, 0.15) is 0 Å². The van der Waals surface area contributed by atoms with Gasteiger partial charge in [-0.25, -0.2) is 4.79 Å². The maximum absolute atomic E-state index is 11.5. The number of esters is 1. The minimum Gasteiger partial charge on any atom is -0.463 e. The molecule has 0 fully saturated rings. The lowest BCUT2D eigenvalue weighted by Crippen LogP contribution is -2.06. The van der Waals surface area contributed by atoms with Crippen LogP contribution < -0.4 is 0 Å². The smallest absolute Gasteiger partial charge is 0.333 e. The Labute approximate surface area is 104 Å². The predicted molar refractivity (Wildman–Crippen MR) is 69.0 cm³/mol. The molecule has 0 unspecified atom stereocenters. The van der Waals surface area contributed by atoms with Crippen LogP contribution in [0.3, 0.4) is 0 Å². The molecule has 0 spiro atoms. The standard InChI is InChI=1S/C13H15BrO2/c1-4-16-13(15)10(3)9(2)11-5-7-12(14)8-6-11/h5-8H,4H2,1-3H3/b10-9-. The first-order valence-corrected chi connectivity index (χ1v) is 5.96. The SMILES string of the molecule is CCOC(=O)/C(C)=C(/C)c1ccc(Br)cc1. The van der Waals surface area contributed by atoms with Crippen molar-refractivity contribution in [1.29, 1.82) is 0 Å². The van der Waals surface area contributed by atoms with Gasteiger partial charge in [-0.1, -0.05) is 28.1 Å². The molecule has 0 aliphatic heterocycles. The van der Waals surface area contributed by atoms with Gasteiger partial charge in [0.15, 0.2) is 0 Å². The van der Waals surface area contributed by atoms with Gasteiger partial charge in [0, 0.05) is 10.0 Å². The number of rotatable bonds is 3. The van der Waals surface area contributed by atoms with Crippen LogP contribution in [0.4, 0.5) is 0 Å². The molecule has 0 atom stereocenters. The zero-order chi connectivity index (χ0) is 12.1. The predicted octanol–water partition coefficient (Wildman–Crippen LogP) is 3.81. The van der Waals surface area contributed by atoms with Crippen LogP contribution in [0.1, 0.15) is 26.3 Å². The van der Waals surface area contributed by atoms with Crippen LogP contribution in [0.2, 0.25) is 0 Å². The van der Waals surface area contributed by atoms with E-state index in [-0.39, 0.29) is 5.97 Å². The summed E-state index contributed by atoms with van der Waals surface area (Å²) in [5.41, 5.74) is 2.64. The molecule has 16 heavy (non-hydrogen) atoms. The quantitative estimate of drug-likeness (QED) is 0.623. The van der Waals surface area contributed by atoms with E-state index in [0.29, 0.717) is 12.2 Å². The van der Waals surface area contributed by atoms with E-state index in [1.165, 1.54) is 0 Å². The third-order valence-electron chi connectivity index (χ3n) is 2.42. The maximum Gasteiger partial charge on any atom is 0.333 e. The molecule has 1 aromatic carbocycles. The summed E-state index contributed by atoms with van der Waals surface area (Å²) in [4.78, 5) is 11.5. The summed E-state index contributed by atoms with van der Waals surface area (Å²) < 4.78 is 5.99. The van der Waals surface area contributed by atoms with Gasteiger partial charge in [0.05, 0.1) is 6.61 Å². The molecule has 3 heteroatoms. The molecule has 2 nitrogen and oxygen atoms in total. The number of benzene rings is 1. The third-order valence-corrected chi connectivity index (χ3v) is 2.95. The second-order valence-electron chi connectivity index (χ2n) is 3.48. The fourth-order valence-electron chi connectivity index (χ4n) is 1.31. The lowest BCUT2D eigenvalue weighted by Gasteiger charge is -2.07. The van der Waals surface area contributed by atoms with Crippen LogP contribution in [-0.2, 0) is 9.53 Å². The van der Waals surface area contributed by atoms with Crippen molar-refractivity contribution in [3.63, 3.8) is 0 Å². The average molecular weight is 283 g/mol. The van der Waals surface area contributed by atoms with Crippen molar-refractivity contribution < 1.29 is 9.53 Å². The summed E-state index contributed by atoms with van der Waals surface area (Å²) in [6.45, 7) is 5.93. The van der Waals surface area contributed by atoms with E-state index in [4.69, 9.17) is 4.74 Å². The molecule has 1 aromatic rings. The number of hydrogen-bond acceptors (Lipinski definition) is 2. The number of carbonyl (C=O) groups excluding carboxylic acids is 1. The van der Waals surface area contributed by atoms with E-state index in [1.54, 1.807) is 13.8 Å². The first-order chi connectivity index (χ1) is 7.56. The number of allylic oxidation sites excluding steroid dienone is 1. The first kappa shape index (κ1) is 13.0. The summed E-state index contributed by atoms with van der Waals surface area (Å²) in [5, 5.41) is 0. The molecule has 0 N–H and O–H groups in total. The monoisotopic (exact) mass is 282 g/mol. The highest BCUT2D eigenvalue weighted by Gasteiger charge is 2.09. The number of ether oxygens (including phenoxy) is 1. The lowest BCUT2D eigenvalue weighted by molar-refractivity contribution is -0.138. The fourth-order valence-corrected chi connectivity index (χ4v) is 1.57. The summed E-state index contributed by atoms with van der Waals surface area (Å²) in [7, 11) is 0. The molecule has 0 saturated carbocycles. The van der Waals surface area contributed by atoms with E-state index < -0.39 is 0 Å². The van der Waals surface area contributed by atoms with Crippen molar-refractivity contribution in [2.45, 2.75) is 20.8 Å². The van der Waals surface area contributed by atoms with E-state index in [0.717, 1.165) is 15.6 Å². The minimum absolute atomic E-state index is 0.247. The van der Waals surface area contributed by atoms with Crippen LogP contribution in [0.15, 0.2) is 34.3 Å².